The lowest BCUT2D eigenvalue weighted by Gasteiger charge is -2.24. The number of carboxylic acids is 1. The van der Waals surface area contributed by atoms with Gasteiger partial charge in [0.25, 0.3) is 0 Å². The van der Waals surface area contributed by atoms with E-state index in [1.807, 2.05) is 17.0 Å². The van der Waals surface area contributed by atoms with E-state index in [1.54, 1.807) is 24.3 Å². The van der Waals surface area contributed by atoms with E-state index >= 15 is 0 Å². The van der Waals surface area contributed by atoms with Gasteiger partial charge in [0.1, 0.15) is 18.5 Å². The van der Waals surface area contributed by atoms with Crippen LogP contribution in [0.15, 0.2) is 48.5 Å². The summed E-state index contributed by atoms with van der Waals surface area (Å²) in [6, 6.07) is 13.6. The molecule has 3 N–H and O–H groups in total. The molecule has 0 spiro atoms. The average Bonchev–Trinajstić information content (AvgIpc) is 2.95. The summed E-state index contributed by atoms with van der Waals surface area (Å²) in [6.45, 7) is 0.308. The Kier molecular flexibility index (Phi) is 4.84. The third kappa shape index (κ3) is 3.59. The molecule has 2 aromatic carbocycles. The first-order valence-electron chi connectivity index (χ1n) is 7.11. The highest BCUT2D eigenvalue weighted by Crippen LogP contribution is 2.22. The van der Waals surface area contributed by atoms with Gasteiger partial charge >= 0.3 is 5.97 Å². The van der Waals surface area contributed by atoms with E-state index in [9.17, 15) is 4.79 Å². The zero-order valence-corrected chi connectivity index (χ0v) is 14.0. The minimum Gasteiger partial charge on any atom is -0.490 e. The average molecular weight is 364 g/mol. The number of nitrogens with one attached hydrogen (secondary N) is 2. The van der Waals surface area contributed by atoms with E-state index in [4.69, 9.17) is 33.7 Å². The van der Waals surface area contributed by atoms with Crippen molar-refractivity contribution in [3.63, 3.8) is 0 Å². The van der Waals surface area contributed by atoms with Gasteiger partial charge in [0.2, 0.25) is 0 Å². The number of nitrogens with zero attached hydrogens (tertiary/aromatic N) is 1. The van der Waals surface area contributed by atoms with Gasteiger partial charge < -0.3 is 9.84 Å². The fourth-order valence-electron chi connectivity index (χ4n) is 2.30. The van der Waals surface area contributed by atoms with Crippen LogP contribution >= 0.6 is 23.8 Å². The molecule has 124 valence electrons. The van der Waals surface area contributed by atoms with E-state index in [0.717, 1.165) is 5.69 Å². The second-order valence-corrected chi connectivity index (χ2v) is 5.90. The molecule has 0 aliphatic carbocycles. The van der Waals surface area contributed by atoms with Crippen molar-refractivity contribution in [3.05, 3.63) is 59.1 Å². The maximum Gasteiger partial charge on any atom is 0.335 e. The highest BCUT2D eigenvalue weighted by Gasteiger charge is 2.29. The second kappa shape index (κ2) is 7.04. The third-order valence-electron chi connectivity index (χ3n) is 3.49. The first-order valence-corrected chi connectivity index (χ1v) is 7.89. The number of carbonyl (C=O) groups is 1. The predicted octanol–water partition coefficient (Wildman–Crippen LogP) is 2.64. The van der Waals surface area contributed by atoms with Crippen molar-refractivity contribution in [1.29, 1.82) is 0 Å². The zero-order valence-electron chi connectivity index (χ0n) is 12.4. The molecule has 1 aliphatic heterocycles. The second-order valence-electron chi connectivity index (χ2n) is 5.08. The molecular formula is C16H14ClN3O3S. The number of ether oxygens (including phenoxy) is 1. The highest BCUT2D eigenvalue weighted by molar-refractivity contribution is 7.80. The molecule has 0 radical (unpaired) electrons. The molecule has 0 bridgehead atoms. The number of thiocarbonyl (C=S) groups is 1. The Morgan fingerprint density at radius 2 is 1.88 bits per heavy atom. The maximum absolute atomic E-state index is 10.8. The molecular weight excluding hydrogens is 350 g/mol. The number of rotatable bonds is 5. The standard InChI is InChI=1S/C16H14ClN3O3S/c17-11-3-5-12(6-4-11)20-14(18-19-16(20)24)9-23-13-7-1-10(2-8-13)15(21)22/h1-8,14,18H,9H2,(H,19,24)(H,21,22). The summed E-state index contributed by atoms with van der Waals surface area (Å²) in [5, 5.41) is 10.1. The number of aromatic carboxylic acids is 1. The van der Waals surface area contributed by atoms with Crippen LogP contribution in [0.25, 0.3) is 0 Å². The molecule has 1 atom stereocenters. The van der Waals surface area contributed by atoms with Crippen molar-refractivity contribution in [2.45, 2.75) is 6.17 Å². The number of hydrazine groups is 1. The van der Waals surface area contributed by atoms with Gasteiger partial charge in [-0.05, 0) is 60.7 Å². The lowest BCUT2D eigenvalue weighted by atomic mass is 10.2. The zero-order chi connectivity index (χ0) is 17.1. The van der Waals surface area contributed by atoms with Crippen LogP contribution in [0.2, 0.25) is 5.02 Å². The summed E-state index contributed by atoms with van der Waals surface area (Å²) >= 11 is 11.2. The predicted molar refractivity (Wildman–Crippen MR) is 95.5 cm³/mol. The quantitative estimate of drug-likeness (QED) is 0.705. The van der Waals surface area contributed by atoms with Crippen LogP contribution in [0.3, 0.4) is 0 Å². The minimum atomic E-state index is -0.970. The molecule has 1 unspecified atom stereocenters. The SMILES string of the molecule is O=C(O)c1ccc(OCC2NNC(=S)N2c2ccc(Cl)cc2)cc1. The van der Waals surface area contributed by atoms with E-state index in [0.29, 0.717) is 22.5 Å². The lowest BCUT2D eigenvalue weighted by Crippen LogP contribution is -2.42. The van der Waals surface area contributed by atoms with Crippen LogP contribution in [-0.2, 0) is 0 Å². The van der Waals surface area contributed by atoms with E-state index in [1.165, 1.54) is 12.1 Å². The molecule has 2 aromatic rings. The van der Waals surface area contributed by atoms with Crippen LogP contribution in [0.1, 0.15) is 10.4 Å². The number of hydrogen-bond donors (Lipinski definition) is 3. The van der Waals surface area contributed by atoms with Crippen molar-refractivity contribution in [1.82, 2.24) is 10.9 Å². The van der Waals surface area contributed by atoms with Crippen molar-refractivity contribution < 1.29 is 14.6 Å². The number of carboxylic acid groups (broad SMARTS) is 1. The van der Waals surface area contributed by atoms with Crippen molar-refractivity contribution in [2.24, 2.45) is 0 Å². The number of halogens is 1. The third-order valence-corrected chi connectivity index (χ3v) is 4.04. The number of benzene rings is 2. The topological polar surface area (TPSA) is 73.8 Å². The summed E-state index contributed by atoms with van der Waals surface area (Å²) in [6.07, 6.45) is -0.210. The molecule has 1 saturated heterocycles. The Hall–Kier alpha value is -2.35. The fraction of sp³-hybridized carbons (Fsp3) is 0.125. The summed E-state index contributed by atoms with van der Waals surface area (Å²) in [5.74, 6) is -0.391. The van der Waals surface area contributed by atoms with E-state index in [2.05, 4.69) is 10.9 Å². The number of anilines is 1. The first-order chi connectivity index (χ1) is 11.5. The van der Waals surface area contributed by atoms with Gasteiger partial charge in [-0.15, -0.1) is 0 Å². The van der Waals surface area contributed by atoms with Gasteiger partial charge in [-0.3, -0.25) is 10.3 Å². The monoisotopic (exact) mass is 363 g/mol. The molecule has 0 saturated carbocycles. The van der Waals surface area contributed by atoms with Crippen molar-refractivity contribution >= 4 is 40.6 Å². The van der Waals surface area contributed by atoms with Crippen LogP contribution in [-0.4, -0.2) is 29.0 Å². The summed E-state index contributed by atoms with van der Waals surface area (Å²) in [7, 11) is 0. The van der Waals surface area contributed by atoms with Crippen molar-refractivity contribution in [2.75, 3.05) is 11.5 Å². The van der Waals surface area contributed by atoms with Gasteiger partial charge in [0.05, 0.1) is 5.56 Å². The maximum atomic E-state index is 10.8. The Bertz CT molecular complexity index is 752. The lowest BCUT2D eigenvalue weighted by molar-refractivity contribution is 0.0697. The number of hydrogen-bond acceptors (Lipinski definition) is 4. The molecule has 0 amide bonds. The van der Waals surface area contributed by atoms with Gasteiger partial charge in [0.15, 0.2) is 5.11 Å². The smallest absolute Gasteiger partial charge is 0.335 e. The van der Waals surface area contributed by atoms with Gasteiger partial charge in [-0.1, -0.05) is 11.6 Å². The first kappa shape index (κ1) is 16.5. The van der Waals surface area contributed by atoms with Gasteiger partial charge in [-0.2, -0.15) is 0 Å². The molecule has 3 rings (SSSR count). The van der Waals surface area contributed by atoms with E-state index < -0.39 is 5.97 Å². The molecule has 8 heteroatoms. The van der Waals surface area contributed by atoms with Crippen LogP contribution in [0.5, 0.6) is 5.75 Å². The molecule has 0 aromatic heterocycles. The molecule has 1 fully saturated rings. The van der Waals surface area contributed by atoms with E-state index in [-0.39, 0.29) is 11.7 Å². The molecule has 24 heavy (non-hydrogen) atoms. The Morgan fingerprint density at radius 3 is 2.50 bits per heavy atom. The largest absolute Gasteiger partial charge is 0.490 e. The highest BCUT2D eigenvalue weighted by atomic mass is 35.5. The fourth-order valence-corrected chi connectivity index (χ4v) is 2.71. The molecule has 1 aliphatic rings. The van der Waals surface area contributed by atoms with Crippen LogP contribution in [0, 0.1) is 0 Å². The Morgan fingerprint density at radius 1 is 1.21 bits per heavy atom. The Labute approximate surface area is 149 Å². The van der Waals surface area contributed by atoms with Gasteiger partial charge in [0, 0.05) is 10.7 Å². The summed E-state index contributed by atoms with van der Waals surface area (Å²) in [5.41, 5.74) is 7.06. The van der Waals surface area contributed by atoms with Crippen molar-refractivity contribution in [3.8, 4) is 5.75 Å². The Balaban J connectivity index is 1.68. The summed E-state index contributed by atoms with van der Waals surface area (Å²) in [4.78, 5) is 12.7. The minimum absolute atomic E-state index is 0.210. The normalized spacial score (nSPS) is 16.8. The van der Waals surface area contributed by atoms with Crippen LogP contribution < -0.4 is 20.5 Å². The van der Waals surface area contributed by atoms with Gasteiger partial charge in [-0.25, -0.2) is 10.2 Å². The van der Waals surface area contributed by atoms with Crippen LogP contribution in [0.4, 0.5) is 5.69 Å². The molecule has 1 heterocycles. The summed E-state index contributed by atoms with van der Waals surface area (Å²) < 4.78 is 5.73. The molecule has 6 nitrogen and oxygen atoms in total.